The van der Waals surface area contributed by atoms with Gasteiger partial charge in [0.25, 0.3) is 0 Å². The van der Waals surface area contributed by atoms with E-state index in [1.165, 1.54) is 0 Å². The Balaban J connectivity index is 1.71. The first-order valence-corrected chi connectivity index (χ1v) is 13.8. The van der Waals surface area contributed by atoms with Crippen molar-refractivity contribution in [1.82, 2.24) is 15.0 Å². The lowest BCUT2D eigenvalue weighted by molar-refractivity contribution is 0.00578. The van der Waals surface area contributed by atoms with Gasteiger partial charge in [-0.2, -0.15) is 4.98 Å². The molecule has 2 aromatic heterocycles. The third kappa shape index (κ3) is 6.26. The molecule has 4 rings (SSSR count). The third-order valence-electron chi connectivity index (χ3n) is 7.86. The van der Waals surface area contributed by atoms with Gasteiger partial charge in [0.15, 0.2) is 5.82 Å². The van der Waals surface area contributed by atoms with Gasteiger partial charge in [-0.3, -0.25) is 4.98 Å². The Hall–Kier alpha value is -3.15. The SMILES string of the molecule is CCCCC(C)(CO)Nc1nc(NCc2ccc(OC)cc2OC)nc2cc(B3OC(C)(C)C(C)(C)O3)cnc12. The Morgan fingerprint density at radius 3 is 2.40 bits per heavy atom. The predicted molar refractivity (Wildman–Crippen MR) is 159 cm³/mol. The molecule has 11 heteroatoms. The van der Waals surface area contributed by atoms with Crippen LogP contribution in [0.1, 0.15) is 66.4 Å². The minimum absolute atomic E-state index is 0.0453. The van der Waals surface area contributed by atoms with E-state index in [1.54, 1.807) is 20.4 Å². The molecule has 216 valence electrons. The molecule has 3 aromatic rings. The molecule has 0 spiro atoms. The predicted octanol–water partition coefficient (Wildman–Crippen LogP) is 4.31. The number of aliphatic hydroxyl groups is 1. The second kappa shape index (κ2) is 11.8. The fraction of sp³-hybridized carbons (Fsp3) is 0.552. The van der Waals surface area contributed by atoms with Crippen molar-refractivity contribution in [3.8, 4) is 11.5 Å². The summed E-state index contributed by atoms with van der Waals surface area (Å²) >= 11 is 0. The Bertz CT molecular complexity index is 1320. The van der Waals surface area contributed by atoms with Crippen molar-refractivity contribution in [2.75, 3.05) is 31.5 Å². The van der Waals surface area contributed by atoms with E-state index in [9.17, 15) is 5.11 Å². The number of benzene rings is 1. The zero-order valence-electron chi connectivity index (χ0n) is 24.9. The minimum atomic E-state index is -0.570. The number of nitrogens with zero attached hydrogens (tertiary/aromatic N) is 3. The fourth-order valence-corrected chi connectivity index (χ4v) is 4.51. The largest absolute Gasteiger partial charge is 0.497 e. The van der Waals surface area contributed by atoms with E-state index in [-0.39, 0.29) is 6.61 Å². The van der Waals surface area contributed by atoms with E-state index >= 15 is 0 Å². The summed E-state index contributed by atoms with van der Waals surface area (Å²) in [6.45, 7) is 12.6. The average Bonchev–Trinajstić information content (AvgIpc) is 3.16. The first-order chi connectivity index (χ1) is 18.9. The number of rotatable bonds is 12. The normalized spacial score (nSPS) is 17.5. The van der Waals surface area contributed by atoms with Gasteiger partial charge in [-0.1, -0.05) is 19.8 Å². The number of aliphatic hydroxyl groups excluding tert-OH is 1. The summed E-state index contributed by atoms with van der Waals surface area (Å²) in [5.41, 5.74) is 1.41. The maximum atomic E-state index is 10.3. The molecule has 1 aliphatic heterocycles. The van der Waals surface area contributed by atoms with Crippen molar-refractivity contribution in [3.63, 3.8) is 0 Å². The summed E-state index contributed by atoms with van der Waals surface area (Å²) in [5.74, 6) is 2.37. The molecule has 40 heavy (non-hydrogen) atoms. The quantitative estimate of drug-likeness (QED) is 0.281. The van der Waals surface area contributed by atoms with Gasteiger partial charge in [0.2, 0.25) is 5.95 Å². The number of unbranched alkanes of at least 4 members (excludes halogenated alkanes) is 1. The van der Waals surface area contributed by atoms with Crippen LogP contribution in [0.25, 0.3) is 11.0 Å². The minimum Gasteiger partial charge on any atom is -0.497 e. The number of methoxy groups -OCH3 is 2. The number of ether oxygens (including phenoxy) is 2. The summed E-state index contributed by atoms with van der Waals surface area (Å²) in [6.07, 6.45) is 4.52. The Morgan fingerprint density at radius 2 is 1.77 bits per heavy atom. The second-order valence-electron chi connectivity index (χ2n) is 11.6. The standard InChI is InChI=1S/C29H42BN5O5/c1-9-10-13-29(6,18-36)35-25-24-22(14-20(17-31-24)30-39-27(2,3)28(4,5)40-30)33-26(34-25)32-16-19-11-12-21(37-7)15-23(19)38-8/h11-12,14-15,17,36H,9-10,13,16,18H2,1-8H3,(H2,32,33,34,35). The average molecular weight is 551 g/mol. The number of aromatic nitrogens is 3. The summed E-state index contributed by atoms with van der Waals surface area (Å²) in [6, 6.07) is 7.59. The van der Waals surface area contributed by atoms with E-state index < -0.39 is 23.9 Å². The van der Waals surface area contributed by atoms with Crippen LogP contribution < -0.4 is 25.6 Å². The highest BCUT2D eigenvalue weighted by Crippen LogP contribution is 2.37. The topological polar surface area (TPSA) is 120 Å². The molecule has 0 aliphatic carbocycles. The number of anilines is 2. The van der Waals surface area contributed by atoms with E-state index in [1.807, 2.05) is 58.9 Å². The maximum absolute atomic E-state index is 10.3. The highest BCUT2D eigenvalue weighted by molar-refractivity contribution is 6.62. The Kier molecular flexibility index (Phi) is 8.77. The molecular formula is C29H42BN5O5. The van der Waals surface area contributed by atoms with Crippen molar-refractivity contribution >= 4 is 35.4 Å². The van der Waals surface area contributed by atoms with Crippen LogP contribution >= 0.6 is 0 Å². The van der Waals surface area contributed by atoms with Crippen LogP contribution in [0.2, 0.25) is 0 Å². The number of fused-ring (bicyclic) bond motifs is 1. The van der Waals surface area contributed by atoms with Gasteiger partial charge in [-0.05, 0) is 59.2 Å². The molecule has 1 saturated heterocycles. The molecule has 3 N–H and O–H groups in total. The maximum Gasteiger partial charge on any atom is 0.496 e. The summed E-state index contributed by atoms with van der Waals surface area (Å²) in [4.78, 5) is 14.3. The first kappa shape index (κ1) is 29.8. The molecule has 1 aliphatic rings. The molecule has 0 amide bonds. The van der Waals surface area contributed by atoms with E-state index in [4.69, 9.17) is 33.7 Å². The molecule has 0 bridgehead atoms. The molecule has 1 fully saturated rings. The summed E-state index contributed by atoms with van der Waals surface area (Å²) in [5, 5.41) is 17.1. The van der Waals surface area contributed by atoms with Crippen molar-refractivity contribution in [3.05, 3.63) is 36.0 Å². The van der Waals surface area contributed by atoms with E-state index in [2.05, 4.69) is 17.6 Å². The van der Waals surface area contributed by atoms with Crippen LogP contribution in [-0.4, -0.2) is 64.7 Å². The zero-order chi connectivity index (χ0) is 29.1. The molecule has 1 atom stereocenters. The van der Waals surface area contributed by atoms with Crippen LogP contribution in [0.4, 0.5) is 11.8 Å². The van der Waals surface area contributed by atoms with Crippen molar-refractivity contribution in [1.29, 1.82) is 0 Å². The monoisotopic (exact) mass is 551 g/mol. The molecule has 1 unspecified atom stereocenters. The number of hydrogen-bond acceptors (Lipinski definition) is 10. The molecule has 10 nitrogen and oxygen atoms in total. The van der Waals surface area contributed by atoms with Gasteiger partial charge in [0.05, 0.1) is 43.1 Å². The lowest BCUT2D eigenvalue weighted by Crippen LogP contribution is -2.41. The van der Waals surface area contributed by atoms with Gasteiger partial charge >= 0.3 is 7.12 Å². The van der Waals surface area contributed by atoms with Crippen LogP contribution in [0, 0.1) is 0 Å². The molecule has 1 aromatic carbocycles. The lowest BCUT2D eigenvalue weighted by Gasteiger charge is -2.32. The van der Waals surface area contributed by atoms with Gasteiger partial charge in [-0.25, -0.2) is 4.98 Å². The first-order valence-electron chi connectivity index (χ1n) is 13.8. The van der Waals surface area contributed by atoms with Crippen LogP contribution in [0.15, 0.2) is 30.5 Å². The third-order valence-corrected chi connectivity index (χ3v) is 7.86. The number of hydrogen-bond donors (Lipinski definition) is 3. The van der Waals surface area contributed by atoms with Crippen molar-refractivity contribution in [2.24, 2.45) is 0 Å². The molecular weight excluding hydrogens is 509 g/mol. The lowest BCUT2D eigenvalue weighted by atomic mass is 9.80. The van der Waals surface area contributed by atoms with Crippen molar-refractivity contribution < 1.29 is 23.9 Å². The fourth-order valence-electron chi connectivity index (χ4n) is 4.51. The van der Waals surface area contributed by atoms with Gasteiger partial charge in [0, 0.05) is 29.8 Å². The van der Waals surface area contributed by atoms with Crippen LogP contribution in [0.5, 0.6) is 11.5 Å². The summed E-state index contributed by atoms with van der Waals surface area (Å²) in [7, 11) is 2.68. The van der Waals surface area contributed by atoms with Gasteiger partial charge < -0.3 is 34.5 Å². The number of nitrogens with one attached hydrogen (secondary N) is 2. The smallest absolute Gasteiger partial charge is 0.496 e. The number of pyridine rings is 1. The van der Waals surface area contributed by atoms with E-state index in [0.717, 1.165) is 30.3 Å². The van der Waals surface area contributed by atoms with Gasteiger partial charge in [-0.15, -0.1) is 0 Å². The molecule has 0 saturated carbocycles. The Labute approximate surface area is 237 Å². The van der Waals surface area contributed by atoms with E-state index in [0.29, 0.717) is 40.8 Å². The highest BCUT2D eigenvalue weighted by Gasteiger charge is 2.52. The molecule has 0 radical (unpaired) electrons. The highest BCUT2D eigenvalue weighted by atomic mass is 16.7. The zero-order valence-corrected chi connectivity index (χ0v) is 24.9. The Morgan fingerprint density at radius 1 is 1.05 bits per heavy atom. The second-order valence-corrected chi connectivity index (χ2v) is 11.6. The van der Waals surface area contributed by atoms with Crippen LogP contribution in [0.3, 0.4) is 0 Å². The molecule has 3 heterocycles. The van der Waals surface area contributed by atoms with Gasteiger partial charge in [0.1, 0.15) is 17.0 Å². The van der Waals surface area contributed by atoms with Crippen molar-refractivity contribution in [2.45, 2.75) is 84.1 Å². The van der Waals surface area contributed by atoms with Crippen LogP contribution in [-0.2, 0) is 15.9 Å². The summed E-state index contributed by atoms with van der Waals surface area (Å²) < 4.78 is 23.4.